The van der Waals surface area contributed by atoms with Gasteiger partial charge in [0.15, 0.2) is 0 Å². The van der Waals surface area contributed by atoms with Crippen molar-refractivity contribution >= 4 is 21.6 Å². The quantitative estimate of drug-likeness (QED) is 0.851. The molecule has 7 heteroatoms. The van der Waals surface area contributed by atoms with Crippen LogP contribution in [0.4, 0.5) is 0 Å². The van der Waals surface area contributed by atoms with Crippen molar-refractivity contribution in [2.24, 2.45) is 5.92 Å². The minimum Gasteiger partial charge on any atom is -0.384 e. The van der Waals surface area contributed by atoms with Crippen molar-refractivity contribution in [2.45, 2.75) is 11.8 Å². The summed E-state index contributed by atoms with van der Waals surface area (Å²) in [6, 6.07) is 1.44. The molecule has 0 aliphatic carbocycles. The van der Waals surface area contributed by atoms with Gasteiger partial charge in [0.05, 0.1) is 5.02 Å². The van der Waals surface area contributed by atoms with Gasteiger partial charge in [0.1, 0.15) is 4.90 Å². The average Bonchev–Trinajstić information content (AvgIpc) is 2.27. The van der Waals surface area contributed by atoms with Crippen molar-refractivity contribution in [2.75, 3.05) is 20.3 Å². The molecule has 96 valence electrons. The number of methoxy groups -OCH3 is 1. The highest BCUT2D eigenvalue weighted by molar-refractivity contribution is 7.89. The Morgan fingerprint density at radius 3 is 2.88 bits per heavy atom. The number of sulfonamides is 1. The summed E-state index contributed by atoms with van der Waals surface area (Å²) in [5, 5.41) is 0.159. The average molecular weight is 279 g/mol. The first-order valence-electron chi connectivity index (χ1n) is 5.05. The molecule has 1 rings (SSSR count). The molecular weight excluding hydrogens is 264 g/mol. The van der Waals surface area contributed by atoms with Gasteiger partial charge in [0.2, 0.25) is 10.0 Å². The van der Waals surface area contributed by atoms with Gasteiger partial charge in [-0.05, 0) is 12.0 Å². The Bertz CT molecular complexity index is 464. The molecule has 0 saturated carbocycles. The Hall–Kier alpha value is -0.690. The third kappa shape index (κ3) is 4.23. The second kappa shape index (κ2) is 6.30. The Morgan fingerprint density at radius 2 is 2.29 bits per heavy atom. The predicted molar refractivity (Wildman–Crippen MR) is 65.5 cm³/mol. The first-order valence-corrected chi connectivity index (χ1v) is 6.91. The molecule has 0 spiro atoms. The van der Waals surface area contributed by atoms with Crippen LogP contribution >= 0.6 is 11.6 Å². The molecule has 0 aromatic carbocycles. The van der Waals surface area contributed by atoms with Crippen molar-refractivity contribution in [3.8, 4) is 0 Å². The molecule has 0 radical (unpaired) electrons. The van der Waals surface area contributed by atoms with Gasteiger partial charge < -0.3 is 4.74 Å². The molecule has 1 aromatic rings. The van der Waals surface area contributed by atoms with E-state index >= 15 is 0 Å². The largest absolute Gasteiger partial charge is 0.384 e. The van der Waals surface area contributed by atoms with E-state index in [1.54, 1.807) is 7.11 Å². The van der Waals surface area contributed by atoms with Crippen LogP contribution in [0.25, 0.3) is 0 Å². The Kier molecular flexibility index (Phi) is 5.32. The maximum absolute atomic E-state index is 11.9. The Morgan fingerprint density at radius 1 is 1.59 bits per heavy atom. The zero-order valence-corrected chi connectivity index (χ0v) is 11.3. The van der Waals surface area contributed by atoms with E-state index in [1.807, 2.05) is 6.92 Å². The fourth-order valence-corrected chi connectivity index (χ4v) is 2.83. The van der Waals surface area contributed by atoms with Gasteiger partial charge in [-0.25, -0.2) is 13.1 Å². The molecule has 0 aliphatic heterocycles. The highest BCUT2D eigenvalue weighted by Crippen LogP contribution is 2.18. The van der Waals surface area contributed by atoms with Crippen LogP contribution in [0.2, 0.25) is 5.02 Å². The summed E-state index contributed by atoms with van der Waals surface area (Å²) >= 11 is 5.80. The molecule has 1 N–H and O–H groups in total. The van der Waals surface area contributed by atoms with Gasteiger partial charge in [-0.1, -0.05) is 18.5 Å². The molecule has 17 heavy (non-hydrogen) atoms. The Balaban J connectivity index is 2.73. The SMILES string of the molecule is COCC(C)CNS(=O)(=O)c1cnccc1Cl. The van der Waals surface area contributed by atoms with E-state index in [-0.39, 0.29) is 15.8 Å². The van der Waals surface area contributed by atoms with Crippen molar-refractivity contribution in [3.63, 3.8) is 0 Å². The van der Waals surface area contributed by atoms with Crippen LogP contribution in [0.1, 0.15) is 6.92 Å². The van der Waals surface area contributed by atoms with Gasteiger partial charge in [0.25, 0.3) is 0 Å². The summed E-state index contributed by atoms with van der Waals surface area (Å²) < 4.78 is 31.2. The van der Waals surface area contributed by atoms with Crippen LogP contribution in [0.5, 0.6) is 0 Å². The van der Waals surface area contributed by atoms with Crippen molar-refractivity contribution in [1.29, 1.82) is 0 Å². The summed E-state index contributed by atoms with van der Waals surface area (Å²) in [4.78, 5) is 3.74. The molecular formula is C10H15ClN2O3S. The summed E-state index contributed by atoms with van der Waals surface area (Å²) in [6.45, 7) is 2.67. The minimum absolute atomic E-state index is 0.00807. The lowest BCUT2D eigenvalue weighted by Gasteiger charge is -2.12. The molecule has 1 unspecified atom stereocenters. The van der Waals surface area contributed by atoms with E-state index in [9.17, 15) is 8.42 Å². The monoisotopic (exact) mass is 278 g/mol. The maximum Gasteiger partial charge on any atom is 0.243 e. The topological polar surface area (TPSA) is 68.3 Å². The predicted octanol–water partition coefficient (Wildman–Crippen LogP) is 1.30. The zero-order valence-electron chi connectivity index (χ0n) is 9.68. The van der Waals surface area contributed by atoms with Crippen LogP contribution in [-0.2, 0) is 14.8 Å². The van der Waals surface area contributed by atoms with Gasteiger partial charge in [-0.15, -0.1) is 0 Å². The molecule has 0 saturated heterocycles. The number of hydrogen-bond acceptors (Lipinski definition) is 4. The highest BCUT2D eigenvalue weighted by Gasteiger charge is 2.18. The number of rotatable bonds is 6. The normalized spacial score (nSPS) is 13.6. The van der Waals surface area contributed by atoms with Crippen LogP contribution < -0.4 is 4.72 Å². The highest BCUT2D eigenvalue weighted by atomic mass is 35.5. The summed E-state index contributed by atoms with van der Waals surface area (Å²) in [7, 11) is -2.03. The number of aromatic nitrogens is 1. The molecule has 1 aromatic heterocycles. The number of hydrogen-bond donors (Lipinski definition) is 1. The third-order valence-electron chi connectivity index (χ3n) is 2.10. The summed E-state index contributed by atoms with van der Waals surface area (Å²) in [5.74, 6) is 0.0882. The van der Waals surface area contributed by atoms with E-state index in [4.69, 9.17) is 16.3 Å². The van der Waals surface area contributed by atoms with Gasteiger partial charge in [-0.3, -0.25) is 4.98 Å². The Labute approximate surface area is 106 Å². The minimum atomic E-state index is -3.60. The second-order valence-corrected chi connectivity index (χ2v) is 5.86. The number of halogens is 1. The number of nitrogens with one attached hydrogen (secondary N) is 1. The number of ether oxygens (including phenoxy) is 1. The molecule has 0 aliphatic rings. The second-order valence-electron chi connectivity index (χ2n) is 3.72. The van der Waals surface area contributed by atoms with Crippen molar-refractivity contribution < 1.29 is 13.2 Å². The van der Waals surface area contributed by atoms with Crippen LogP contribution in [0.15, 0.2) is 23.4 Å². The van der Waals surface area contributed by atoms with E-state index in [1.165, 1.54) is 18.5 Å². The molecule has 5 nitrogen and oxygen atoms in total. The van der Waals surface area contributed by atoms with E-state index < -0.39 is 10.0 Å². The molecule has 1 atom stereocenters. The van der Waals surface area contributed by atoms with E-state index in [0.717, 1.165) is 0 Å². The summed E-state index contributed by atoms with van der Waals surface area (Å²) in [6.07, 6.45) is 2.67. The molecule has 0 amide bonds. The maximum atomic E-state index is 11.9. The van der Waals surface area contributed by atoms with Crippen molar-refractivity contribution in [1.82, 2.24) is 9.71 Å². The lowest BCUT2D eigenvalue weighted by molar-refractivity contribution is 0.161. The van der Waals surface area contributed by atoms with Gasteiger partial charge in [-0.2, -0.15) is 0 Å². The molecule has 0 fully saturated rings. The first-order chi connectivity index (χ1) is 7.97. The zero-order chi connectivity index (χ0) is 12.9. The van der Waals surface area contributed by atoms with Crippen LogP contribution in [0.3, 0.4) is 0 Å². The van der Waals surface area contributed by atoms with Crippen molar-refractivity contribution in [3.05, 3.63) is 23.5 Å². The molecule has 1 heterocycles. The van der Waals surface area contributed by atoms with E-state index in [2.05, 4.69) is 9.71 Å². The van der Waals surface area contributed by atoms with Crippen LogP contribution in [0, 0.1) is 5.92 Å². The standard InChI is InChI=1S/C10H15ClN2O3S/c1-8(7-16-2)5-13-17(14,15)10-6-12-4-3-9(10)11/h3-4,6,8,13H,5,7H2,1-2H3. The number of pyridine rings is 1. The first kappa shape index (κ1) is 14.4. The third-order valence-corrected chi connectivity index (χ3v) is 3.99. The van der Waals surface area contributed by atoms with Gasteiger partial charge >= 0.3 is 0 Å². The number of nitrogens with zero attached hydrogens (tertiary/aromatic N) is 1. The smallest absolute Gasteiger partial charge is 0.243 e. The fraction of sp³-hybridized carbons (Fsp3) is 0.500. The summed E-state index contributed by atoms with van der Waals surface area (Å²) in [5.41, 5.74) is 0. The lowest BCUT2D eigenvalue weighted by atomic mass is 10.2. The van der Waals surface area contributed by atoms with Gasteiger partial charge in [0, 0.05) is 32.7 Å². The lowest BCUT2D eigenvalue weighted by Crippen LogP contribution is -2.30. The fourth-order valence-electron chi connectivity index (χ4n) is 1.23. The van der Waals surface area contributed by atoms with Crippen LogP contribution in [-0.4, -0.2) is 33.7 Å². The molecule has 0 bridgehead atoms. The van der Waals surface area contributed by atoms with E-state index in [0.29, 0.717) is 13.2 Å².